The molecule has 1 aromatic carbocycles. The molecule has 1 amide bonds. The minimum absolute atomic E-state index is 0.168. The highest BCUT2D eigenvalue weighted by Crippen LogP contribution is 2.34. The van der Waals surface area contributed by atoms with Gasteiger partial charge in [-0.1, -0.05) is 6.07 Å². The molecule has 0 unspecified atom stereocenters. The van der Waals surface area contributed by atoms with Gasteiger partial charge in [-0.15, -0.1) is 11.3 Å². The molecule has 5 nitrogen and oxygen atoms in total. The first-order valence-electron chi connectivity index (χ1n) is 5.53. The van der Waals surface area contributed by atoms with Crippen LogP contribution in [0.2, 0.25) is 0 Å². The number of rotatable bonds is 3. The van der Waals surface area contributed by atoms with Crippen molar-refractivity contribution < 1.29 is 19.1 Å². The zero-order valence-electron chi connectivity index (χ0n) is 9.71. The van der Waals surface area contributed by atoms with Crippen molar-refractivity contribution >= 4 is 28.7 Å². The van der Waals surface area contributed by atoms with Crippen molar-refractivity contribution in [1.29, 1.82) is 0 Å². The zero-order valence-corrected chi connectivity index (χ0v) is 10.5. The van der Waals surface area contributed by atoms with Gasteiger partial charge in [-0.25, -0.2) is 0 Å². The zero-order chi connectivity index (χ0) is 13.2. The van der Waals surface area contributed by atoms with E-state index in [4.69, 9.17) is 9.47 Å². The van der Waals surface area contributed by atoms with Gasteiger partial charge in [0.05, 0.1) is 4.88 Å². The molecule has 96 valence electrons. The monoisotopic (exact) mass is 275 g/mol. The SMILES string of the molecule is O=C(Nc1ccc2c(c1)OCO2)C(=O)c1cccs1. The fraction of sp³-hybridized carbons (Fsp3) is 0.0769. The number of hydrogen-bond acceptors (Lipinski definition) is 5. The largest absolute Gasteiger partial charge is 0.454 e. The summed E-state index contributed by atoms with van der Waals surface area (Å²) in [6.07, 6.45) is 0. The average Bonchev–Trinajstić information content (AvgIpc) is 3.08. The smallest absolute Gasteiger partial charge is 0.297 e. The molecular formula is C13H9NO4S. The van der Waals surface area contributed by atoms with E-state index >= 15 is 0 Å². The first-order valence-corrected chi connectivity index (χ1v) is 6.41. The van der Waals surface area contributed by atoms with E-state index in [1.165, 1.54) is 11.3 Å². The second-order valence-corrected chi connectivity index (χ2v) is 4.78. The summed E-state index contributed by atoms with van der Waals surface area (Å²) < 4.78 is 10.4. The third-order valence-electron chi connectivity index (χ3n) is 2.58. The highest BCUT2D eigenvalue weighted by Gasteiger charge is 2.19. The number of fused-ring (bicyclic) bond motifs is 1. The summed E-state index contributed by atoms with van der Waals surface area (Å²) in [5.41, 5.74) is 0.499. The van der Waals surface area contributed by atoms with Crippen LogP contribution in [0.15, 0.2) is 35.7 Å². The van der Waals surface area contributed by atoms with Gasteiger partial charge in [0.25, 0.3) is 11.7 Å². The minimum Gasteiger partial charge on any atom is -0.454 e. The number of ketones is 1. The summed E-state index contributed by atoms with van der Waals surface area (Å²) in [5, 5.41) is 4.29. The Kier molecular flexibility index (Phi) is 2.92. The van der Waals surface area contributed by atoms with Gasteiger partial charge >= 0.3 is 0 Å². The Morgan fingerprint density at radius 1 is 1.16 bits per heavy atom. The number of nitrogens with one attached hydrogen (secondary N) is 1. The lowest BCUT2D eigenvalue weighted by molar-refractivity contribution is -0.112. The summed E-state index contributed by atoms with van der Waals surface area (Å²) in [6, 6.07) is 8.32. The Bertz CT molecular complexity index is 636. The molecule has 0 aliphatic carbocycles. The Hall–Kier alpha value is -2.34. The lowest BCUT2D eigenvalue weighted by Crippen LogP contribution is -2.21. The summed E-state index contributed by atoms with van der Waals surface area (Å²) in [4.78, 5) is 24.0. The Morgan fingerprint density at radius 2 is 2.00 bits per heavy atom. The van der Waals surface area contributed by atoms with E-state index in [1.807, 2.05) is 0 Å². The highest BCUT2D eigenvalue weighted by molar-refractivity contribution is 7.13. The number of benzene rings is 1. The molecule has 1 N–H and O–H groups in total. The topological polar surface area (TPSA) is 64.6 Å². The molecule has 1 aliphatic rings. The van der Waals surface area contributed by atoms with Crippen LogP contribution in [0.25, 0.3) is 0 Å². The molecule has 2 heterocycles. The lowest BCUT2D eigenvalue weighted by atomic mass is 10.2. The van der Waals surface area contributed by atoms with Crippen LogP contribution in [0.3, 0.4) is 0 Å². The number of thiophene rings is 1. The van der Waals surface area contributed by atoms with Gasteiger partial charge < -0.3 is 14.8 Å². The summed E-state index contributed by atoms with van der Waals surface area (Å²) >= 11 is 1.23. The standard InChI is InChI=1S/C13H9NO4S/c15-12(11-2-1-5-19-11)13(16)14-8-3-4-9-10(6-8)18-7-17-9/h1-6H,7H2,(H,14,16). The van der Waals surface area contributed by atoms with Gasteiger partial charge in [0.1, 0.15) is 0 Å². The predicted octanol–water partition coefficient (Wildman–Crippen LogP) is 2.30. The molecule has 2 aromatic rings. The minimum atomic E-state index is -0.665. The van der Waals surface area contributed by atoms with Crippen molar-refractivity contribution in [3.8, 4) is 11.5 Å². The van der Waals surface area contributed by atoms with E-state index in [0.29, 0.717) is 22.1 Å². The summed E-state index contributed by atoms with van der Waals surface area (Å²) in [5.74, 6) is -0.0297. The van der Waals surface area contributed by atoms with Crippen LogP contribution in [0.4, 0.5) is 5.69 Å². The molecule has 3 rings (SSSR count). The number of carbonyl (C=O) groups is 2. The van der Waals surface area contributed by atoms with Crippen molar-refractivity contribution in [3.63, 3.8) is 0 Å². The van der Waals surface area contributed by atoms with Gasteiger partial charge in [0, 0.05) is 11.8 Å². The number of hydrogen-bond donors (Lipinski definition) is 1. The normalized spacial score (nSPS) is 12.2. The lowest BCUT2D eigenvalue weighted by Gasteiger charge is -2.04. The van der Waals surface area contributed by atoms with Crippen molar-refractivity contribution in [3.05, 3.63) is 40.6 Å². The van der Waals surface area contributed by atoms with E-state index in [2.05, 4.69) is 5.32 Å². The van der Waals surface area contributed by atoms with E-state index in [1.54, 1.807) is 35.7 Å². The molecule has 0 saturated carbocycles. The molecule has 0 atom stereocenters. The maximum absolute atomic E-state index is 11.8. The molecule has 0 bridgehead atoms. The van der Waals surface area contributed by atoms with E-state index in [9.17, 15) is 9.59 Å². The second-order valence-electron chi connectivity index (χ2n) is 3.83. The number of amides is 1. The van der Waals surface area contributed by atoms with Gasteiger partial charge in [0.15, 0.2) is 11.5 Å². The maximum atomic E-state index is 11.8. The van der Waals surface area contributed by atoms with Crippen molar-refractivity contribution in [1.82, 2.24) is 0 Å². The Balaban J connectivity index is 1.75. The van der Waals surface area contributed by atoms with Crippen LogP contribution >= 0.6 is 11.3 Å². The van der Waals surface area contributed by atoms with Crippen molar-refractivity contribution in [2.75, 3.05) is 12.1 Å². The van der Waals surface area contributed by atoms with Crippen molar-refractivity contribution in [2.24, 2.45) is 0 Å². The molecule has 1 aromatic heterocycles. The van der Waals surface area contributed by atoms with Crippen LogP contribution in [0, 0.1) is 0 Å². The quantitative estimate of drug-likeness (QED) is 0.689. The van der Waals surface area contributed by atoms with Crippen molar-refractivity contribution in [2.45, 2.75) is 0 Å². The van der Waals surface area contributed by atoms with E-state index < -0.39 is 11.7 Å². The average molecular weight is 275 g/mol. The number of carbonyl (C=O) groups excluding carboxylic acids is 2. The van der Waals surface area contributed by atoms with Crippen LogP contribution < -0.4 is 14.8 Å². The van der Waals surface area contributed by atoms with Gasteiger partial charge in [-0.3, -0.25) is 9.59 Å². The molecule has 6 heteroatoms. The number of ether oxygens (including phenoxy) is 2. The van der Waals surface area contributed by atoms with E-state index in [0.717, 1.165) is 0 Å². The summed E-state index contributed by atoms with van der Waals surface area (Å²) in [7, 11) is 0. The molecule has 0 fully saturated rings. The van der Waals surface area contributed by atoms with Gasteiger partial charge in [0.2, 0.25) is 6.79 Å². The second kappa shape index (κ2) is 4.74. The maximum Gasteiger partial charge on any atom is 0.297 e. The molecular weight excluding hydrogens is 266 g/mol. The Labute approximate surface area is 112 Å². The predicted molar refractivity (Wildman–Crippen MR) is 69.8 cm³/mol. The van der Waals surface area contributed by atoms with Crippen LogP contribution in [-0.4, -0.2) is 18.5 Å². The fourth-order valence-electron chi connectivity index (χ4n) is 1.68. The van der Waals surface area contributed by atoms with Gasteiger partial charge in [-0.2, -0.15) is 0 Å². The molecule has 19 heavy (non-hydrogen) atoms. The first-order chi connectivity index (χ1) is 9.24. The highest BCUT2D eigenvalue weighted by atomic mass is 32.1. The first kappa shape index (κ1) is 11.7. The molecule has 1 aliphatic heterocycles. The molecule has 0 radical (unpaired) electrons. The Morgan fingerprint density at radius 3 is 2.79 bits per heavy atom. The third kappa shape index (κ3) is 2.30. The molecule has 0 saturated heterocycles. The number of Topliss-reactive ketones (excluding diaryl/α,β-unsaturated/α-hetero) is 1. The van der Waals surface area contributed by atoms with Crippen LogP contribution in [0.5, 0.6) is 11.5 Å². The summed E-state index contributed by atoms with van der Waals surface area (Å²) in [6.45, 7) is 0.168. The van der Waals surface area contributed by atoms with E-state index in [-0.39, 0.29) is 6.79 Å². The number of anilines is 1. The third-order valence-corrected chi connectivity index (χ3v) is 3.45. The van der Waals surface area contributed by atoms with Gasteiger partial charge in [-0.05, 0) is 23.6 Å². The van der Waals surface area contributed by atoms with Crippen LogP contribution in [0.1, 0.15) is 9.67 Å². The van der Waals surface area contributed by atoms with Crippen LogP contribution in [-0.2, 0) is 4.79 Å². The molecule has 0 spiro atoms. The fourth-order valence-corrected chi connectivity index (χ4v) is 2.34.